The van der Waals surface area contributed by atoms with Gasteiger partial charge in [-0.3, -0.25) is 9.69 Å². The summed E-state index contributed by atoms with van der Waals surface area (Å²) in [6.45, 7) is 3.78. The number of nitrogens with two attached hydrogens (primary N) is 1. The Bertz CT molecular complexity index is 1280. The Morgan fingerprint density at radius 2 is 2.00 bits per heavy atom. The van der Waals surface area contributed by atoms with Gasteiger partial charge in [-0.15, -0.1) is 11.3 Å². The Balaban J connectivity index is 1.18. The van der Waals surface area contributed by atoms with Crippen LogP contribution in [0.2, 0.25) is 0 Å². The molecule has 4 heterocycles. The van der Waals surface area contributed by atoms with E-state index in [0.717, 1.165) is 48.4 Å². The third-order valence-corrected chi connectivity index (χ3v) is 8.89. The summed E-state index contributed by atoms with van der Waals surface area (Å²) >= 11 is 1.25. The first-order valence-electron chi connectivity index (χ1n) is 12.0. The van der Waals surface area contributed by atoms with Gasteiger partial charge in [0.05, 0.1) is 11.4 Å². The van der Waals surface area contributed by atoms with Crippen molar-refractivity contribution in [3.8, 4) is 0 Å². The van der Waals surface area contributed by atoms with Gasteiger partial charge in [0.1, 0.15) is 21.0 Å². The molecule has 2 aliphatic heterocycles. The van der Waals surface area contributed by atoms with Crippen molar-refractivity contribution >= 4 is 39.0 Å². The van der Waals surface area contributed by atoms with Crippen LogP contribution in [0.1, 0.15) is 45.8 Å². The molecule has 1 aliphatic carbocycles. The van der Waals surface area contributed by atoms with Crippen molar-refractivity contribution < 1.29 is 9.18 Å². The van der Waals surface area contributed by atoms with Gasteiger partial charge in [-0.05, 0) is 69.3 Å². The molecule has 2 saturated heterocycles. The van der Waals surface area contributed by atoms with Crippen LogP contribution in [0.4, 0.5) is 15.8 Å². The zero-order valence-corrected chi connectivity index (χ0v) is 20.3. The predicted octanol–water partition coefficient (Wildman–Crippen LogP) is 3.29. The van der Waals surface area contributed by atoms with Crippen molar-refractivity contribution in [3.05, 3.63) is 45.8 Å². The highest BCUT2D eigenvalue weighted by Gasteiger charge is 2.38. The van der Waals surface area contributed by atoms with Gasteiger partial charge in [-0.2, -0.15) is 0 Å². The number of amides is 1. The lowest BCUT2D eigenvalue weighted by atomic mass is 9.87. The molecule has 178 valence electrons. The molecular weight excluding hydrogens is 451 g/mol. The fourth-order valence-electron chi connectivity index (χ4n) is 5.83. The lowest BCUT2D eigenvalue weighted by molar-refractivity contribution is 0.0938. The smallest absolute Gasteiger partial charge is 0.263 e. The van der Waals surface area contributed by atoms with Crippen LogP contribution >= 0.6 is 11.3 Å². The highest BCUT2D eigenvalue weighted by atomic mass is 32.1. The van der Waals surface area contributed by atoms with Crippen molar-refractivity contribution in [2.75, 3.05) is 30.8 Å². The van der Waals surface area contributed by atoms with E-state index < -0.39 is 0 Å². The second-order valence-corrected chi connectivity index (χ2v) is 10.9. The van der Waals surface area contributed by atoms with E-state index in [0.29, 0.717) is 39.4 Å². The van der Waals surface area contributed by atoms with Crippen molar-refractivity contribution in [1.29, 1.82) is 0 Å². The number of carbonyl (C=O) groups is 1. The lowest BCUT2D eigenvalue weighted by Gasteiger charge is -2.40. The van der Waals surface area contributed by atoms with Crippen molar-refractivity contribution in [3.63, 3.8) is 0 Å². The van der Waals surface area contributed by atoms with Crippen LogP contribution in [0, 0.1) is 12.7 Å². The standard InChI is InChI=1S/C25H29FN6OS/c1-13-10-28-22-21(27)23(34-25(22)29-13)24(33)30-15-4-3-14-7-18(9-20(26)19(14)8-15)32-11-16-5-6-17(12-32)31(16)2/h7,9-10,15-17H,3-6,8,11-12,27H2,1-2H3,(H,30,33)/t15-,16?,17?/m1/s1. The van der Waals surface area contributed by atoms with Crippen LogP contribution in [0.15, 0.2) is 18.3 Å². The van der Waals surface area contributed by atoms with Crippen molar-refractivity contribution in [2.24, 2.45) is 0 Å². The Labute approximate surface area is 202 Å². The molecule has 2 aromatic heterocycles. The van der Waals surface area contributed by atoms with E-state index >= 15 is 4.39 Å². The number of rotatable bonds is 3. The Kier molecular flexibility index (Phi) is 5.22. The minimum absolute atomic E-state index is 0.132. The van der Waals surface area contributed by atoms with Crippen LogP contribution in [-0.4, -0.2) is 59.0 Å². The molecular formula is C25H29FN6OS. The molecule has 3 aromatic rings. The maximum Gasteiger partial charge on any atom is 0.263 e. The van der Waals surface area contributed by atoms with Crippen LogP contribution < -0.4 is 16.0 Å². The number of aryl methyl sites for hydroxylation is 2. The first-order valence-corrected chi connectivity index (χ1v) is 12.8. The first kappa shape index (κ1) is 21.7. The van der Waals surface area contributed by atoms with Gasteiger partial charge >= 0.3 is 0 Å². The average molecular weight is 481 g/mol. The van der Waals surface area contributed by atoms with E-state index in [1.807, 2.05) is 6.92 Å². The second kappa shape index (κ2) is 8.16. The van der Waals surface area contributed by atoms with Crippen molar-refractivity contribution in [2.45, 2.75) is 57.2 Å². The number of nitrogen functional groups attached to an aromatic ring is 1. The zero-order chi connectivity index (χ0) is 23.6. The summed E-state index contributed by atoms with van der Waals surface area (Å²) in [7, 11) is 2.21. The number of nitrogens with one attached hydrogen (secondary N) is 1. The fraction of sp³-hybridized carbons (Fsp3) is 0.480. The second-order valence-electron chi connectivity index (χ2n) is 9.94. The SMILES string of the molecule is Cc1cnc2c(N)c(C(=O)N[C@@H]3CCc4cc(N5CC6CCC(C5)N6C)cc(F)c4C3)sc2n1. The summed E-state index contributed by atoms with van der Waals surface area (Å²) in [5.74, 6) is -0.402. The Morgan fingerprint density at radius 3 is 2.76 bits per heavy atom. The largest absolute Gasteiger partial charge is 0.396 e. The van der Waals surface area contributed by atoms with Gasteiger partial charge in [0.15, 0.2) is 0 Å². The van der Waals surface area contributed by atoms with Crippen LogP contribution in [0.3, 0.4) is 0 Å². The minimum atomic E-state index is -0.238. The van der Waals surface area contributed by atoms with E-state index in [4.69, 9.17) is 5.73 Å². The molecule has 0 saturated carbocycles. The molecule has 3 atom stereocenters. The number of piperazine rings is 1. The number of fused-ring (bicyclic) bond motifs is 4. The van der Waals surface area contributed by atoms with Gasteiger partial charge in [-0.25, -0.2) is 14.4 Å². The van der Waals surface area contributed by atoms with Crippen LogP contribution in [-0.2, 0) is 12.8 Å². The quantitative estimate of drug-likeness (QED) is 0.598. The lowest BCUT2D eigenvalue weighted by Crippen LogP contribution is -2.52. The molecule has 3 aliphatic rings. The Morgan fingerprint density at radius 1 is 1.24 bits per heavy atom. The summed E-state index contributed by atoms with van der Waals surface area (Å²) in [6.07, 6.45) is 6.10. The molecule has 1 aromatic carbocycles. The molecule has 0 spiro atoms. The molecule has 9 heteroatoms. The highest BCUT2D eigenvalue weighted by molar-refractivity contribution is 7.21. The molecule has 2 bridgehead atoms. The maximum absolute atomic E-state index is 15.3. The number of halogens is 1. The molecule has 6 rings (SSSR count). The number of likely N-dealkylation sites (N-methyl/N-ethyl adjacent to an activating group) is 1. The summed E-state index contributed by atoms with van der Waals surface area (Å²) < 4.78 is 15.3. The molecule has 2 fully saturated rings. The first-order chi connectivity index (χ1) is 16.4. The van der Waals surface area contributed by atoms with Gasteiger partial charge in [0.2, 0.25) is 0 Å². The number of carbonyl (C=O) groups excluding carboxylic acids is 1. The average Bonchev–Trinajstić information content (AvgIpc) is 3.22. The van der Waals surface area contributed by atoms with Crippen LogP contribution in [0.5, 0.6) is 0 Å². The van der Waals surface area contributed by atoms with Crippen LogP contribution in [0.25, 0.3) is 10.3 Å². The Hall–Kier alpha value is -2.78. The number of thiophene rings is 1. The number of hydrogen-bond acceptors (Lipinski definition) is 7. The van der Waals surface area contributed by atoms with E-state index in [1.165, 1.54) is 24.2 Å². The molecule has 1 amide bonds. The topological polar surface area (TPSA) is 87.4 Å². The van der Waals surface area contributed by atoms with E-state index in [9.17, 15) is 4.79 Å². The molecule has 34 heavy (non-hydrogen) atoms. The number of benzene rings is 1. The van der Waals surface area contributed by atoms with Crippen molar-refractivity contribution in [1.82, 2.24) is 20.2 Å². The van der Waals surface area contributed by atoms with Gasteiger partial charge in [-0.1, -0.05) is 0 Å². The van der Waals surface area contributed by atoms with E-state index in [1.54, 1.807) is 12.3 Å². The monoisotopic (exact) mass is 480 g/mol. The molecule has 0 radical (unpaired) electrons. The summed E-state index contributed by atoms with van der Waals surface area (Å²) in [5.41, 5.74) is 10.7. The summed E-state index contributed by atoms with van der Waals surface area (Å²) in [6, 6.07) is 4.86. The third-order valence-electron chi connectivity index (χ3n) is 7.80. The number of anilines is 2. The molecule has 3 N–H and O–H groups in total. The highest BCUT2D eigenvalue weighted by Crippen LogP contribution is 2.35. The summed E-state index contributed by atoms with van der Waals surface area (Å²) in [5, 5.41) is 3.08. The number of nitrogens with zero attached hydrogens (tertiary/aromatic N) is 4. The van der Waals surface area contributed by atoms with Gasteiger partial charge in [0.25, 0.3) is 5.91 Å². The third kappa shape index (κ3) is 3.62. The molecule has 2 unspecified atom stereocenters. The van der Waals surface area contributed by atoms with Gasteiger partial charge < -0.3 is 16.0 Å². The normalized spacial score (nSPS) is 24.4. The number of aromatic nitrogens is 2. The zero-order valence-electron chi connectivity index (χ0n) is 19.5. The van der Waals surface area contributed by atoms with Gasteiger partial charge in [0, 0.05) is 43.1 Å². The fourth-order valence-corrected chi connectivity index (χ4v) is 6.83. The minimum Gasteiger partial charge on any atom is -0.396 e. The summed E-state index contributed by atoms with van der Waals surface area (Å²) in [4.78, 5) is 27.7. The molecule has 7 nitrogen and oxygen atoms in total. The number of hydrogen-bond donors (Lipinski definition) is 2. The maximum atomic E-state index is 15.3. The van der Waals surface area contributed by atoms with E-state index in [2.05, 4.69) is 38.2 Å². The predicted molar refractivity (Wildman–Crippen MR) is 133 cm³/mol. The van der Waals surface area contributed by atoms with E-state index in [-0.39, 0.29) is 17.8 Å².